The first kappa shape index (κ1) is 21.6. The number of ether oxygens (including phenoxy) is 3. The van der Waals surface area contributed by atoms with Crippen molar-refractivity contribution in [2.24, 2.45) is 0 Å². The standard InChI is InChI=1S/C19H17Br2F3O3/c1-12(2)26-13-4-3-5-14(10-13)27-15-6-7-17(25-9-8-18(20)21)16(11-15)19(22,23)24/h3-8,10-12H,9H2,1-2H3. The van der Waals surface area contributed by atoms with E-state index in [1.54, 1.807) is 30.3 Å². The van der Waals surface area contributed by atoms with Gasteiger partial charge in [0.15, 0.2) is 0 Å². The second-order valence-electron chi connectivity index (χ2n) is 5.70. The number of halogens is 5. The normalized spacial score (nSPS) is 11.3. The maximum Gasteiger partial charge on any atom is 0.420 e. The average Bonchev–Trinajstić information content (AvgIpc) is 2.54. The molecule has 2 rings (SSSR count). The molecule has 0 saturated heterocycles. The first-order chi connectivity index (χ1) is 12.6. The quantitative estimate of drug-likeness (QED) is 0.392. The van der Waals surface area contributed by atoms with Crippen molar-refractivity contribution in [2.45, 2.75) is 26.1 Å². The van der Waals surface area contributed by atoms with Gasteiger partial charge in [0.05, 0.1) is 9.50 Å². The van der Waals surface area contributed by atoms with E-state index in [2.05, 4.69) is 31.9 Å². The topological polar surface area (TPSA) is 27.7 Å². The molecule has 0 heterocycles. The predicted molar refractivity (Wildman–Crippen MR) is 105 cm³/mol. The third-order valence-electron chi connectivity index (χ3n) is 3.15. The Morgan fingerprint density at radius 2 is 1.70 bits per heavy atom. The van der Waals surface area contributed by atoms with E-state index in [4.69, 9.17) is 14.2 Å². The van der Waals surface area contributed by atoms with Crippen LogP contribution in [0.4, 0.5) is 13.2 Å². The summed E-state index contributed by atoms with van der Waals surface area (Å²) in [5.74, 6) is 0.726. The summed E-state index contributed by atoms with van der Waals surface area (Å²) >= 11 is 6.24. The van der Waals surface area contributed by atoms with E-state index in [-0.39, 0.29) is 24.2 Å². The fourth-order valence-electron chi connectivity index (χ4n) is 2.13. The van der Waals surface area contributed by atoms with Crippen molar-refractivity contribution in [3.63, 3.8) is 0 Å². The van der Waals surface area contributed by atoms with Crippen LogP contribution in [0.3, 0.4) is 0 Å². The summed E-state index contributed by atoms with van der Waals surface area (Å²) in [6.45, 7) is 3.74. The van der Waals surface area contributed by atoms with Crippen LogP contribution in [0.25, 0.3) is 0 Å². The fraction of sp³-hybridized carbons (Fsp3) is 0.263. The first-order valence-corrected chi connectivity index (χ1v) is 9.53. The Balaban J connectivity index is 2.24. The van der Waals surface area contributed by atoms with Crippen LogP contribution in [0.5, 0.6) is 23.0 Å². The van der Waals surface area contributed by atoms with Crippen LogP contribution in [0.2, 0.25) is 0 Å². The number of hydrogen-bond acceptors (Lipinski definition) is 3. The first-order valence-electron chi connectivity index (χ1n) is 7.95. The Morgan fingerprint density at radius 3 is 2.33 bits per heavy atom. The van der Waals surface area contributed by atoms with Crippen molar-refractivity contribution < 1.29 is 27.4 Å². The molecule has 0 N–H and O–H groups in total. The molecule has 0 unspecified atom stereocenters. The fourth-order valence-corrected chi connectivity index (χ4v) is 2.40. The monoisotopic (exact) mass is 508 g/mol. The van der Waals surface area contributed by atoms with E-state index in [9.17, 15) is 13.2 Å². The molecule has 3 nitrogen and oxygen atoms in total. The van der Waals surface area contributed by atoms with E-state index >= 15 is 0 Å². The highest BCUT2D eigenvalue weighted by Gasteiger charge is 2.35. The van der Waals surface area contributed by atoms with Crippen LogP contribution >= 0.6 is 31.9 Å². The minimum atomic E-state index is -4.58. The summed E-state index contributed by atoms with van der Waals surface area (Å²) in [6.07, 6.45) is -3.06. The van der Waals surface area contributed by atoms with E-state index in [1.807, 2.05) is 13.8 Å². The molecule has 2 aromatic rings. The average molecular weight is 510 g/mol. The highest BCUT2D eigenvalue weighted by atomic mass is 79.9. The van der Waals surface area contributed by atoms with Crippen LogP contribution in [-0.2, 0) is 6.18 Å². The summed E-state index contributed by atoms with van der Waals surface area (Å²) in [5, 5.41) is 0. The van der Waals surface area contributed by atoms with Gasteiger partial charge in [-0.3, -0.25) is 0 Å². The third kappa shape index (κ3) is 7.10. The van der Waals surface area contributed by atoms with Gasteiger partial charge in [-0.2, -0.15) is 13.2 Å². The molecule has 0 bridgehead atoms. The van der Waals surface area contributed by atoms with E-state index in [1.165, 1.54) is 12.1 Å². The molecule has 0 aliphatic carbocycles. The maximum absolute atomic E-state index is 13.4. The maximum atomic E-state index is 13.4. The number of benzene rings is 2. The molecule has 146 valence electrons. The lowest BCUT2D eigenvalue weighted by Crippen LogP contribution is -2.09. The molecule has 27 heavy (non-hydrogen) atoms. The van der Waals surface area contributed by atoms with Crippen molar-refractivity contribution in [3.8, 4) is 23.0 Å². The van der Waals surface area contributed by atoms with Gasteiger partial charge in [0.2, 0.25) is 0 Å². The lowest BCUT2D eigenvalue weighted by atomic mass is 10.2. The summed E-state index contributed by atoms with van der Waals surface area (Å²) in [4.78, 5) is 0. The van der Waals surface area contributed by atoms with Gasteiger partial charge in [0, 0.05) is 6.07 Å². The predicted octanol–water partition coefficient (Wildman–Crippen LogP) is 7.29. The Kier molecular flexibility index (Phi) is 7.61. The Bertz CT molecular complexity index is 801. The lowest BCUT2D eigenvalue weighted by Gasteiger charge is -2.15. The summed E-state index contributed by atoms with van der Waals surface area (Å²) in [6, 6.07) is 10.3. The van der Waals surface area contributed by atoms with E-state index < -0.39 is 11.7 Å². The molecular formula is C19H17Br2F3O3. The SMILES string of the molecule is CC(C)Oc1cccc(Oc2ccc(OCC=C(Br)Br)c(C(F)(F)F)c2)c1. The van der Waals surface area contributed by atoms with Crippen LogP contribution < -0.4 is 14.2 Å². The van der Waals surface area contributed by atoms with Crippen molar-refractivity contribution >= 4 is 31.9 Å². The molecule has 2 aromatic carbocycles. The third-order valence-corrected chi connectivity index (χ3v) is 3.79. The van der Waals surface area contributed by atoms with Gasteiger partial charge in [-0.25, -0.2) is 0 Å². The van der Waals surface area contributed by atoms with Crippen LogP contribution in [-0.4, -0.2) is 12.7 Å². The second kappa shape index (κ2) is 9.50. The van der Waals surface area contributed by atoms with Gasteiger partial charge in [0.25, 0.3) is 0 Å². The van der Waals surface area contributed by atoms with Gasteiger partial charge >= 0.3 is 6.18 Å². The van der Waals surface area contributed by atoms with Gasteiger partial charge in [-0.1, -0.05) is 6.07 Å². The molecular weight excluding hydrogens is 493 g/mol. The summed E-state index contributed by atoms with van der Waals surface area (Å²) in [5.41, 5.74) is -0.909. The molecule has 0 amide bonds. The highest BCUT2D eigenvalue weighted by Crippen LogP contribution is 2.39. The van der Waals surface area contributed by atoms with Crippen molar-refractivity contribution in [2.75, 3.05) is 6.61 Å². The van der Waals surface area contributed by atoms with E-state index in [0.29, 0.717) is 14.9 Å². The Hall–Kier alpha value is -1.67. The van der Waals surface area contributed by atoms with Gasteiger partial charge in [0.1, 0.15) is 35.2 Å². The molecule has 0 aliphatic heterocycles. The van der Waals surface area contributed by atoms with Crippen LogP contribution in [0.15, 0.2) is 51.9 Å². The number of rotatable bonds is 7. The molecule has 0 aromatic heterocycles. The van der Waals surface area contributed by atoms with Crippen LogP contribution in [0.1, 0.15) is 19.4 Å². The molecule has 0 spiro atoms. The van der Waals surface area contributed by atoms with Gasteiger partial charge in [-0.05, 0) is 82.1 Å². The molecule has 0 radical (unpaired) electrons. The zero-order valence-electron chi connectivity index (χ0n) is 14.5. The second-order valence-corrected chi connectivity index (χ2v) is 8.48. The minimum absolute atomic E-state index is 0.0241. The van der Waals surface area contributed by atoms with Gasteiger partial charge < -0.3 is 14.2 Å². The Labute approximate surface area is 172 Å². The molecule has 0 saturated carbocycles. The number of alkyl halides is 3. The minimum Gasteiger partial charge on any atom is -0.491 e. The Morgan fingerprint density at radius 1 is 1.04 bits per heavy atom. The zero-order chi connectivity index (χ0) is 20.0. The zero-order valence-corrected chi connectivity index (χ0v) is 17.7. The number of hydrogen-bond donors (Lipinski definition) is 0. The smallest absolute Gasteiger partial charge is 0.420 e. The van der Waals surface area contributed by atoms with Crippen molar-refractivity contribution in [3.05, 3.63) is 57.5 Å². The van der Waals surface area contributed by atoms with Gasteiger partial charge in [-0.15, -0.1) is 0 Å². The van der Waals surface area contributed by atoms with Crippen molar-refractivity contribution in [1.82, 2.24) is 0 Å². The summed E-state index contributed by atoms with van der Waals surface area (Å²) < 4.78 is 57.0. The summed E-state index contributed by atoms with van der Waals surface area (Å²) in [7, 11) is 0. The molecule has 0 atom stereocenters. The van der Waals surface area contributed by atoms with Crippen molar-refractivity contribution in [1.29, 1.82) is 0 Å². The molecule has 8 heteroatoms. The molecule has 0 fully saturated rings. The highest BCUT2D eigenvalue weighted by molar-refractivity contribution is 9.28. The van der Waals surface area contributed by atoms with Crippen LogP contribution in [0, 0.1) is 0 Å². The molecule has 0 aliphatic rings. The lowest BCUT2D eigenvalue weighted by molar-refractivity contribution is -0.139. The largest absolute Gasteiger partial charge is 0.491 e. The van der Waals surface area contributed by atoms with E-state index in [0.717, 1.165) is 6.07 Å².